The van der Waals surface area contributed by atoms with Gasteiger partial charge in [0.2, 0.25) is 0 Å². The summed E-state index contributed by atoms with van der Waals surface area (Å²) >= 11 is 0.451. The number of hydrogen-bond acceptors (Lipinski definition) is 0. The van der Waals surface area contributed by atoms with Crippen molar-refractivity contribution >= 4 is 45.0 Å². The molecule has 3 aromatic carbocycles. The third kappa shape index (κ3) is 3.46. The average Bonchev–Trinajstić information content (AvgIpc) is 2.65. The number of allylic oxidation sites excluding steroid dienone is 1. The van der Waals surface area contributed by atoms with Crippen molar-refractivity contribution in [3.63, 3.8) is 0 Å². The Hall–Kier alpha value is -1.32. The fraction of sp³-hybridized carbons (Fsp3) is 0.0476. The summed E-state index contributed by atoms with van der Waals surface area (Å²) in [5, 5.41) is 0. The van der Waals surface area contributed by atoms with Crippen molar-refractivity contribution in [2.75, 3.05) is 0 Å². The molecule has 114 valence electrons. The Labute approximate surface area is 150 Å². The van der Waals surface area contributed by atoms with Gasteiger partial charge in [0.15, 0.2) is 0 Å². The van der Waals surface area contributed by atoms with Gasteiger partial charge in [-0.25, -0.2) is 0 Å². The number of rotatable bonds is 5. The van der Waals surface area contributed by atoms with Gasteiger partial charge in [0.05, 0.1) is 0 Å². The molecule has 0 aliphatic heterocycles. The second-order valence-corrected chi connectivity index (χ2v) is 17.4. The Morgan fingerprint density at radius 2 is 0.957 bits per heavy atom. The van der Waals surface area contributed by atoms with Crippen LogP contribution in [0.15, 0.2) is 102 Å². The molecule has 0 heterocycles. The predicted octanol–water partition coefficient (Wildman–Crippen LogP) is 4.07. The van der Waals surface area contributed by atoms with E-state index in [0.717, 1.165) is 4.44 Å². The number of hydrogen-bond donors (Lipinski definition) is 0. The van der Waals surface area contributed by atoms with E-state index in [2.05, 4.69) is 113 Å². The molecule has 0 spiro atoms. The van der Waals surface area contributed by atoms with Gasteiger partial charge >= 0.3 is 152 Å². The summed E-state index contributed by atoms with van der Waals surface area (Å²) in [4.78, 5) is 2.01. The maximum absolute atomic E-state index is 3.47. The molecular formula is C21H19BrSn. The van der Waals surface area contributed by atoms with Crippen molar-refractivity contribution in [1.29, 1.82) is 0 Å². The van der Waals surface area contributed by atoms with Crippen LogP contribution >= 0.6 is 15.9 Å². The van der Waals surface area contributed by atoms with E-state index in [1.807, 2.05) is 4.99 Å². The SMILES string of the molecule is Br/C=C\[CH2][Sn]([c]1ccccc1)([c]1ccccc1)[c]1ccccc1. The fourth-order valence-corrected chi connectivity index (χ4v) is 17.2. The minimum atomic E-state index is -3.02. The van der Waals surface area contributed by atoms with Crippen molar-refractivity contribution in [2.45, 2.75) is 4.44 Å². The first-order chi connectivity index (χ1) is 11.4. The van der Waals surface area contributed by atoms with Crippen LogP contribution in [0.2, 0.25) is 4.44 Å². The standard InChI is InChI=1S/3C6H5.C3H4Br.Sn/c3*1-2-4-6-5-3-1;1-2-3-4;/h3*1-5H;2-3H,1H2;/b;;;3-2-;. The van der Waals surface area contributed by atoms with E-state index in [-0.39, 0.29) is 0 Å². The molecule has 0 radical (unpaired) electrons. The second-order valence-electron chi connectivity index (χ2n) is 5.57. The van der Waals surface area contributed by atoms with Crippen LogP contribution < -0.4 is 10.7 Å². The van der Waals surface area contributed by atoms with Crippen molar-refractivity contribution in [3.05, 3.63) is 102 Å². The second kappa shape index (κ2) is 7.98. The van der Waals surface area contributed by atoms with Gasteiger partial charge in [0, 0.05) is 0 Å². The molecular weight excluding hydrogens is 451 g/mol. The molecule has 0 nitrogen and oxygen atoms in total. The van der Waals surface area contributed by atoms with Crippen LogP contribution in [0, 0.1) is 0 Å². The van der Waals surface area contributed by atoms with E-state index in [9.17, 15) is 0 Å². The zero-order valence-electron chi connectivity index (χ0n) is 12.9. The number of halogens is 1. The molecule has 3 aromatic rings. The number of benzene rings is 3. The Morgan fingerprint density at radius 1 is 0.609 bits per heavy atom. The first kappa shape index (κ1) is 16.5. The van der Waals surface area contributed by atoms with Crippen molar-refractivity contribution < 1.29 is 0 Å². The normalized spacial score (nSPS) is 11.7. The van der Waals surface area contributed by atoms with E-state index in [1.165, 1.54) is 10.7 Å². The molecule has 0 unspecified atom stereocenters. The summed E-state index contributed by atoms with van der Waals surface area (Å²) < 4.78 is 5.66. The van der Waals surface area contributed by atoms with Gasteiger partial charge in [-0.1, -0.05) is 0 Å². The summed E-state index contributed by atoms with van der Waals surface area (Å²) in [5.74, 6) is 0. The molecule has 0 N–H and O–H groups in total. The van der Waals surface area contributed by atoms with Crippen LogP contribution in [-0.4, -0.2) is 18.4 Å². The molecule has 0 atom stereocenters. The van der Waals surface area contributed by atoms with E-state index in [1.54, 1.807) is 0 Å². The van der Waals surface area contributed by atoms with Gasteiger partial charge in [0.25, 0.3) is 0 Å². The summed E-state index contributed by atoms with van der Waals surface area (Å²) in [7, 11) is 0. The average molecular weight is 470 g/mol. The molecule has 0 saturated heterocycles. The van der Waals surface area contributed by atoms with Crippen LogP contribution in [0.25, 0.3) is 0 Å². The summed E-state index contributed by atoms with van der Waals surface area (Å²) in [6.45, 7) is 0. The third-order valence-corrected chi connectivity index (χ3v) is 18.4. The summed E-state index contributed by atoms with van der Waals surface area (Å²) in [6.07, 6.45) is 2.28. The molecule has 0 amide bonds. The molecule has 0 aliphatic carbocycles. The molecule has 0 fully saturated rings. The van der Waals surface area contributed by atoms with Gasteiger partial charge in [0.1, 0.15) is 0 Å². The van der Waals surface area contributed by atoms with Crippen molar-refractivity contribution in [2.24, 2.45) is 0 Å². The molecule has 0 saturated carbocycles. The zero-order valence-corrected chi connectivity index (χ0v) is 17.3. The Kier molecular flexibility index (Phi) is 5.74. The van der Waals surface area contributed by atoms with Crippen LogP contribution in [0.1, 0.15) is 0 Å². The molecule has 0 aliphatic rings. The summed E-state index contributed by atoms with van der Waals surface area (Å²) in [6, 6.07) is 33.3. The summed E-state index contributed by atoms with van der Waals surface area (Å²) in [5.41, 5.74) is 0. The van der Waals surface area contributed by atoms with Gasteiger partial charge in [-0.2, -0.15) is 0 Å². The van der Waals surface area contributed by atoms with Crippen LogP contribution in [-0.2, 0) is 0 Å². The Balaban J connectivity index is 2.30. The van der Waals surface area contributed by atoms with E-state index < -0.39 is 18.4 Å². The first-order valence-electron chi connectivity index (χ1n) is 7.80. The van der Waals surface area contributed by atoms with Gasteiger partial charge < -0.3 is 0 Å². The van der Waals surface area contributed by atoms with Gasteiger partial charge in [-0.15, -0.1) is 0 Å². The van der Waals surface area contributed by atoms with Crippen molar-refractivity contribution in [3.8, 4) is 0 Å². The molecule has 2 heteroatoms. The van der Waals surface area contributed by atoms with E-state index >= 15 is 0 Å². The Bertz CT molecular complexity index is 655. The molecule has 0 aromatic heterocycles. The predicted molar refractivity (Wildman–Crippen MR) is 107 cm³/mol. The first-order valence-corrected chi connectivity index (χ1v) is 15.0. The quantitative estimate of drug-likeness (QED) is 0.494. The van der Waals surface area contributed by atoms with E-state index in [4.69, 9.17) is 0 Å². The Morgan fingerprint density at radius 3 is 1.26 bits per heavy atom. The van der Waals surface area contributed by atoms with Crippen LogP contribution in [0.3, 0.4) is 0 Å². The van der Waals surface area contributed by atoms with Crippen molar-refractivity contribution in [1.82, 2.24) is 0 Å². The maximum atomic E-state index is 3.47. The zero-order chi connectivity index (χ0) is 16.0. The topological polar surface area (TPSA) is 0 Å². The molecule has 23 heavy (non-hydrogen) atoms. The monoisotopic (exact) mass is 470 g/mol. The fourth-order valence-electron chi connectivity index (χ4n) is 3.24. The minimum absolute atomic E-state index is 1.11. The van der Waals surface area contributed by atoms with Crippen LogP contribution in [0.5, 0.6) is 0 Å². The van der Waals surface area contributed by atoms with Crippen LogP contribution in [0.4, 0.5) is 0 Å². The van der Waals surface area contributed by atoms with Gasteiger partial charge in [-0.05, 0) is 0 Å². The van der Waals surface area contributed by atoms with Gasteiger partial charge in [-0.3, -0.25) is 0 Å². The molecule has 3 rings (SSSR count). The third-order valence-electron chi connectivity index (χ3n) is 4.31. The van der Waals surface area contributed by atoms with E-state index in [0.29, 0.717) is 0 Å². The molecule has 0 bridgehead atoms.